The quantitative estimate of drug-likeness (QED) is 0.853. The molecule has 0 heterocycles. The molecule has 0 saturated heterocycles. The standard InChI is InChI=1S/C12H15Cl2N/c1-7(8-2-3-8)12(15)10-5-4-9(13)6-11(10)14/h4-8,12H,2-3,15H2,1H3. The van der Waals surface area contributed by atoms with Crippen molar-refractivity contribution in [3.63, 3.8) is 0 Å². The number of rotatable bonds is 3. The van der Waals surface area contributed by atoms with Gasteiger partial charge in [-0.3, -0.25) is 0 Å². The lowest BCUT2D eigenvalue weighted by molar-refractivity contribution is 0.417. The van der Waals surface area contributed by atoms with Crippen LogP contribution < -0.4 is 5.73 Å². The van der Waals surface area contributed by atoms with E-state index in [4.69, 9.17) is 28.9 Å². The van der Waals surface area contributed by atoms with Gasteiger partial charge < -0.3 is 5.73 Å². The second-order valence-electron chi connectivity index (χ2n) is 4.39. The van der Waals surface area contributed by atoms with Crippen molar-refractivity contribution in [2.45, 2.75) is 25.8 Å². The zero-order valence-electron chi connectivity index (χ0n) is 8.71. The first kappa shape index (κ1) is 11.3. The third-order valence-electron chi connectivity index (χ3n) is 3.25. The summed E-state index contributed by atoms with van der Waals surface area (Å²) in [6.07, 6.45) is 2.61. The summed E-state index contributed by atoms with van der Waals surface area (Å²) in [6, 6.07) is 5.58. The van der Waals surface area contributed by atoms with Crippen LogP contribution >= 0.6 is 23.2 Å². The first-order valence-corrected chi connectivity index (χ1v) is 6.05. The smallest absolute Gasteiger partial charge is 0.0468 e. The molecule has 1 aliphatic rings. The first-order chi connectivity index (χ1) is 7.09. The van der Waals surface area contributed by atoms with E-state index in [1.807, 2.05) is 12.1 Å². The van der Waals surface area contributed by atoms with Gasteiger partial charge in [-0.15, -0.1) is 0 Å². The molecule has 1 aliphatic carbocycles. The number of hydrogen-bond acceptors (Lipinski definition) is 1. The zero-order valence-corrected chi connectivity index (χ0v) is 10.2. The Kier molecular flexibility index (Phi) is 3.24. The fourth-order valence-corrected chi connectivity index (χ4v) is 2.50. The molecule has 0 bridgehead atoms. The van der Waals surface area contributed by atoms with Crippen molar-refractivity contribution in [1.29, 1.82) is 0 Å². The van der Waals surface area contributed by atoms with Crippen LogP contribution in [-0.4, -0.2) is 0 Å². The highest BCUT2D eigenvalue weighted by atomic mass is 35.5. The Labute approximate surface area is 101 Å². The van der Waals surface area contributed by atoms with Gasteiger partial charge in [-0.25, -0.2) is 0 Å². The van der Waals surface area contributed by atoms with Gasteiger partial charge >= 0.3 is 0 Å². The van der Waals surface area contributed by atoms with E-state index < -0.39 is 0 Å². The molecule has 1 saturated carbocycles. The van der Waals surface area contributed by atoms with Gasteiger partial charge in [0.2, 0.25) is 0 Å². The fourth-order valence-electron chi connectivity index (χ4n) is 1.97. The van der Waals surface area contributed by atoms with Gasteiger partial charge in [0.15, 0.2) is 0 Å². The minimum absolute atomic E-state index is 0.0299. The summed E-state index contributed by atoms with van der Waals surface area (Å²) in [4.78, 5) is 0. The maximum absolute atomic E-state index is 6.20. The van der Waals surface area contributed by atoms with E-state index in [0.717, 1.165) is 11.5 Å². The highest BCUT2D eigenvalue weighted by Gasteiger charge is 2.32. The maximum Gasteiger partial charge on any atom is 0.0468 e. The van der Waals surface area contributed by atoms with Crippen molar-refractivity contribution >= 4 is 23.2 Å². The topological polar surface area (TPSA) is 26.0 Å². The Morgan fingerprint density at radius 3 is 2.53 bits per heavy atom. The summed E-state index contributed by atoms with van der Waals surface area (Å²) in [5.74, 6) is 1.29. The molecule has 0 radical (unpaired) electrons. The lowest BCUT2D eigenvalue weighted by atomic mass is 9.91. The van der Waals surface area contributed by atoms with E-state index in [2.05, 4.69) is 6.92 Å². The van der Waals surface area contributed by atoms with Crippen LogP contribution in [0, 0.1) is 11.8 Å². The second-order valence-corrected chi connectivity index (χ2v) is 5.23. The molecule has 0 spiro atoms. The molecule has 15 heavy (non-hydrogen) atoms. The number of halogens is 2. The van der Waals surface area contributed by atoms with Crippen molar-refractivity contribution < 1.29 is 0 Å². The summed E-state index contributed by atoms with van der Waals surface area (Å²) < 4.78 is 0. The van der Waals surface area contributed by atoms with Crippen LogP contribution in [0.2, 0.25) is 10.0 Å². The predicted molar refractivity (Wildman–Crippen MR) is 65.3 cm³/mol. The molecule has 3 heteroatoms. The Morgan fingerprint density at radius 1 is 1.33 bits per heavy atom. The molecule has 82 valence electrons. The van der Waals surface area contributed by atoms with Crippen LogP contribution in [0.15, 0.2) is 18.2 Å². The Morgan fingerprint density at radius 2 is 2.00 bits per heavy atom. The van der Waals surface area contributed by atoms with Crippen LogP contribution in [0.4, 0.5) is 0 Å². The van der Waals surface area contributed by atoms with Crippen molar-refractivity contribution in [3.8, 4) is 0 Å². The van der Waals surface area contributed by atoms with Gasteiger partial charge in [-0.1, -0.05) is 36.2 Å². The van der Waals surface area contributed by atoms with E-state index >= 15 is 0 Å². The van der Waals surface area contributed by atoms with Gasteiger partial charge in [-0.2, -0.15) is 0 Å². The third-order valence-corrected chi connectivity index (χ3v) is 3.82. The molecular formula is C12H15Cl2N. The van der Waals surface area contributed by atoms with Crippen LogP contribution in [0.1, 0.15) is 31.4 Å². The zero-order chi connectivity index (χ0) is 11.0. The largest absolute Gasteiger partial charge is 0.324 e. The monoisotopic (exact) mass is 243 g/mol. The Hall–Kier alpha value is -0.240. The summed E-state index contributed by atoms with van der Waals surface area (Å²) in [5, 5.41) is 1.34. The summed E-state index contributed by atoms with van der Waals surface area (Å²) in [5.41, 5.74) is 7.22. The molecule has 0 amide bonds. The molecule has 1 nitrogen and oxygen atoms in total. The van der Waals surface area contributed by atoms with E-state index in [-0.39, 0.29) is 6.04 Å². The Bertz CT molecular complexity index is 361. The molecule has 1 fully saturated rings. The number of hydrogen-bond donors (Lipinski definition) is 1. The van der Waals surface area contributed by atoms with Crippen LogP contribution in [0.3, 0.4) is 0 Å². The van der Waals surface area contributed by atoms with Gasteiger partial charge in [0.1, 0.15) is 0 Å². The molecule has 0 aliphatic heterocycles. The highest BCUT2D eigenvalue weighted by molar-refractivity contribution is 6.35. The van der Waals surface area contributed by atoms with E-state index in [1.165, 1.54) is 12.8 Å². The van der Waals surface area contributed by atoms with Crippen LogP contribution in [0.25, 0.3) is 0 Å². The molecule has 2 atom stereocenters. The van der Waals surface area contributed by atoms with Gasteiger partial charge in [0.25, 0.3) is 0 Å². The normalized spacial score (nSPS) is 20.0. The predicted octanol–water partition coefficient (Wildman–Crippen LogP) is 4.04. The molecule has 1 aromatic rings. The molecule has 2 unspecified atom stereocenters. The molecule has 2 rings (SSSR count). The van der Waals surface area contributed by atoms with Crippen molar-refractivity contribution in [2.24, 2.45) is 17.6 Å². The molecule has 1 aromatic carbocycles. The SMILES string of the molecule is CC(C1CC1)C(N)c1ccc(Cl)cc1Cl. The lowest BCUT2D eigenvalue weighted by Crippen LogP contribution is -2.20. The van der Waals surface area contributed by atoms with Gasteiger partial charge in [0.05, 0.1) is 0 Å². The maximum atomic E-state index is 6.20. The average Bonchev–Trinajstić information content (AvgIpc) is 2.99. The van der Waals surface area contributed by atoms with Gasteiger partial charge in [0, 0.05) is 16.1 Å². The number of benzene rings is 1. The van der Waals surface area contributed by atoms with Crippen LogP contribution in [0.5, 0.6) is 0 Å². The van der Waals surface area contributed by atoms with Gasteiger partial charge in [-0.05, 0) is 42.4 Å². The average molecular weight is 244 g/mol. The van der Waals surface area contributed by atoms with E-state index in [0.29, 0.717) is 16.0 Å². The van der Waals surface area contributed by atoms with Crippen molar-refractivity contribution in [2.75, 3.05) is 0 Å². The molecule has 2 N–H and O–H groups in total. The summed E-state index contributed by atoms with van der Waals surface area (Å²) in [6.45, 7) is 2.20. The molecular weight excluding hydrogens is 229 g/mol. The minimum atomic E-state index is 0.0299. The highest BCUT2D eigenvalue weighted by Crippen LogP contribution is 2.43. The first-order valence-electron chi connectivity index (χ1n) is 5.30. The molecule has 0 aromatic heterocycles. The Balaban J connectivity index is 2.20. The minimum Gasteiger partial charge on any atom is -0.324 e. The lowest BCUT2D eigenvalue weighted by Gasteiger charge is -2.21. The van der Waals surface area contributed by atoms with Crippen molar-refractivity contribution in [1.82, 2.24) is 0 Å². The summed E-state index contributed by atoms with van der Waals surface area (Å²) in [7, 11) is 0. The number of nitrogens with two attached hydrogens (primary N) is 1. The van der Waals surface area contributed by atoms with E-state index in [9.17, 15) is 0 Å². The van der Waals surface area contributed by atoms with Crippen LogP contribution in [-0.2, 0) is 0 Å². The fraction of sp³-hybridized carbons (Fsp3) is 0.500. The third kappa shape index (κ3) is 2.47. The van der Waals surface area contributed by atoms with Crippen molar-refractivity contribution in [3.05, 3.63) is 33.8 Å². The summed E-state index contributed by atoms with van der Waals surface area (Å²) >= 11 is 12.0. The van der Waals surface area contributed by atoms with E-state index in [1.54, 1.807) is 6.07 Å². The second kappa shape index (κ2) is 4.32.